The van der Waals surface area contributed by atoms with Gasteiger partial charge in [-0.1, -0.05) is 218 Å². The molecule has 0 N–H and O–H groups in total. The van der Waals surface area contributed by atoms with Crippen LogP contribution in [0.25, 0.3) is 86.2 Å². The van der Waals surface area contributed by atoms with Gasteiger partial charge in [0.2, 0.25) is 0 Å². The zero-order chi connectivity index (χ0) is 39.1. The zero-order valence-electron chi connectivity index (χ0n) is 32.9. The van der Waals surface area contributed by atoms with Gasteiger partial charge in [0, 0.05) is 0 Å². The van der Waals surface area contributed by atoms with Crippen LogP contribution in [-0.4, -0.2) is 0 Å². The van der Waals surface area contributed by atoms with Crippen molar-refractivity contribution in [3.8, 4) is 0 Å². The van der Waals surface area contributed by atoms with Crippen LogP contribution in [0.5, 0.6) is 0 Å². The maximum atomic E-state index is 3.66. The molecule has 0 fully saturated rings. The molecule has 11 rings (SSSR count). The number of allylic oxidation sites excluding steroid dienone is 3. The van der Waals surface area contributed by atoms with Crippen molar-refractivity contribution in [2.75, 3.05) is 0 Å². The normalized spacial score (nSPS) is 11.1. The SMILES string of the molecule is C=C(C)/C=C\C.Cc1ccc2cc3ccccc3cc2c1.c1ccc2c(c1)c1ccccc1c1ccccc21.c1ccc2c(c1)c1ccccc1c1ccccc21. The molecule has 0 aromatic heterocycles. The molecule has 0 saturated heterocycles. The molecule has 0 bridgehead atoms. The van der Waals surface area contributed by atoms with E-state index in [0.717, 1.165) is 5.57 Å². The predicted molar refractivity (Wildman–Crippen MR) is 254 cm³/mol. The quantitative estimate of drug-likeness (QED) is 0.0896. The molecule has 0 aliphatic rings. The number of aryl methyl sites for hydroxylation is 1. The minimum absolute atomic E-state index is 1.11. The van der Waals surface area contributed by atoms with Crippen LogP contribution in [0.3, 0.4) is 0 Å². The smallest absolute Gasteiger partial charge is 0.00990 e. The Balaban J connectivity index is 0.000000112. The molecule has 0 nitrogen and oxygen atoms in total. The molecule has 11 aromatic carbocycles. The first-order valence-corrected chi connectivity index (χ1v) is 19.7. The maximum Gasteiger partial charge on any atom is -0.00990 e. The van der Waals surface area contributed by atoms with Crippen LogP contribution in [-0.2, 0) is 0 Å². The van der Waals surface area contributed by atoms with Crippen molar-refractivity contribution < 1.29 is 0 Å². The first-order chi connectivity index (χ1) is 28.0. The van der Waals surface area contributed by atoms with Crippen LogP contribution >= 0.6 is 0 Å². The minimum atomic E-state index is 1.11. The van der Waals surface area contributed by atoms with Gasteiger partial charge in [-0.25, -0.2) is 0 Å². The number of fused-ring (bicyclic) bond motifs is 14. The number of rotatable bonds is 1. The van der Waals surface area contributed by atoms with Gasteiger partial charge in [0.1, 0.15) is 0 Å². The Morgan fingerprint density at radius 2 is 0.579 bits per heavy atom. The fraction of sp³-hybridized carbons (Fsp3) is 0.0526. The van der Waals surface area contributed by atoms with Crippen LogP contribution in [0.2, 0.25) is 0 Å². The van der Waals surface area contributed by atoms with E-state index in [2.05, 4.69) is 214 Å². The van der Waals surface area contributed by atoms with E-state index < -0.39 is 0 Å². The Labute approximate surface area is 335 Å². The van der Waals surface area contributed by atoms with E-state index >= 15 is 0 Å². The van der Waals surface area contributed by atoms with Crippen LogP contribution < -0.4 is 0 Å². The third-order valence-corrected chi connectivity index (χ3v) is 10.6. The first kappa shape index (κ1) is 36.9. The number of hydrogen-bond donors (Lipinski definition) is 0. The van der Waals surface area contributed by atoms with E-state index in [1.807, 2.05) is 26.0 Å². The van der Waals surface area contributed by atoms with Gasteiger partial charge in [-0.2, -0.15) is 0 Å². The van der Waals surface area contributed by atoms with Crippen LogP contribution in [0.4, 0.5) is 0 Å². The summed E-state index contributed by atoms with van der Waals surface area (Å²) in [6, 6.07) is 71.5. The lowest BCUT2D eigenvalue weighted by molar-refractivity contribution is 1.51. The maximum absolute atomic E-state index is 3.66. The van der Waals surface area contributed by atoms with Crippen molar-refractivity contribution in [2.45, 2.75) is 20.8 Å². The zero-order valence-corrected chi connectivity index (χ0v) is 32.9. The molecule has 57 heavy (non-hydrogen) atoms. The Bertz CT molecular complexity index is 2640. The lowest BCUT2D eigenvalue weighted by atomic mass is 9.95. The largest absolute Gasteiger partial charge is 0.0961 e. The van der Waals surface area contributed by atoms with Crippen LogP contribution in [0, 0.1) is 6.92 Å². The van der Waals surface area contributed by atoms with Gasteiger partial charge in [-0.05, 0) is 119 Å². The molecule has 0 spiro atoms. The molecule has 0 amide bonds. The molecule has 0 radical (unpaired) electrons. The average molecular weight is 731 g/mol. The summed E-state index contributed by atoms with van der Waals surface area (Å²) < 4.78 is 0. The Hall–Kier alpha value is -7.02. The van der Waals surface area contributed by atoms with E-state index in [4.69, 9.17) is 0 Å². The molecular weight excluding hydrogens is 685 g/mol. The summed E-state index contributed by atoms with van der Waals surface area (Å²) in [5.74, 6) is 0. The first-order valence-electron chi connectivity index (χ1n) is 19.7. The lowest BCUT2D eigenvalue weighted by Crippen LogP contribution is -1.81. The summed E-state index contributed by atoms with van der Waals surface area (Å²) in [6.07, 6.45) is 3.95. The van der Waals surface area contributed by atoms with E-state index in [1.54, 1.807) is 0 Å². The summed E-state index contributed by atoms with van der Waals surface area (Å²) in [7, 11) is 0. The molecule has 11 aromatic rings. The van der Waals surface area contributed by atoms with Crippen molar-refractivity contribution in [3.05, 3.63) is 230 Å². The van der Waals surface area contributed by atoms with Crippen molar-refractivity contribution >= 4 is 86.2 Å². The fourth-order valence-electron chi connectivity index (χ4n) is 8.06. The molecule has 0 unspecified atom stereocenters. The summed E-state index contributed by atoms with van der Waals surface area (Å²) in [6.45, 7) is 9.74. The van der Waals surface area contributed by atoms with Gasteiger partial charge in [-0.3, -0.25) is 0 Å². The molecule has 0 aliphatic heterocycles. The lowest BCUT2D eigenvalue weighted by Gasteiger charge is -2.09. The highest BCUT2D eigenvalue weighted by molar-refractivity contribution is 6.26. The standard InChI is InChI=1S/2C18H12.C15H12.C6H10/c2*1-2-8-14-13(7-1)15-9-3-4-11-17(15)18-12-6-5-10-16(14)18;1-11-6-7-14-9-12-4-2-3-5-13(12)10-15(14)8-11;1-4-5-6(2)3/h2*1-12H;2-10H,1H3;4-5H,2H2,1,3H3/b;;;5-4-. The van der Waals surface area contributed by atoms with Gasteiger partial charge in [0.05, 0.1) is 0 Å². The van der Waals surface area contributed by atoms with Crippen molar-refractivity contribution in [1.82, 2.24) is 0 Å². The highest BCUT2D eigenvalue weighted by atomic mass is 14.1. The molecular formula is C57H46. The van der Waals surface area contributed by atoms with Crippen LogP contribution in [0.15, 0.2) is 224 Å². The second kappa shape index (κ2) is 16.8. The van der Waals surface area contributed by atoms with Gasteiger partial charge in [-0.15, -0.1) is 0 Å². The second-order valence-electron chi connectivity index (χ2n) is 14.7. The Morgan fingerprint density at radius 3 is 0.825 bits per heavy atom. The molecule has 0 saturated carbocycles. The number of benzene rings is 11. The summed E-state index contributed by atoms with van der Waals surface area (Å²) in [5, 5.41) is 21.4. The van der Waals surface area contributed by atoms with Gasteiger partial charge < -0.3 is 0 Å². The second-order valence-corrected chi connectivity index (χ2v) is 14.7. The van der Waals surface area contributed by atoms with E-state index in [1.165, 1.54) is 91.7 Å². The van der Waals surface area contributed by atoms with Crippen molar-refractivity contribution in [1.29, 1.82) is 0 Å². The summed E-state index contributed by atoms with van der Waals surface area (Å²) in [5.41, 5.74) is 2.43. The Morgan fingerprint density at radius 1 is 0.333 bits per heavy atom. The molecule has 274 valence electrons. The monoisotopic (exact) mass is 730 g/mol. The van der Waals surface area contributed by atoms with Gasteiger partial charge >= 0.3 is 0 Å². The predicted octanol–water partition coefficient (Wildman–Crippen LogP) is 16.7. The molecule has 0 atom stereocenters. The van der Waals surface area contributed by atoms with Crippen molar-refractivity contribution in [2.24, 2.45) is 0 Å². The van der Waals surface area contributed by atoms with Gasteiger partial charge in [0.15, 0.2) is 0 Å². The Kier molecular flexibility index (Phi) is 10.9. The van der Waals surface area contributed by atoms with E-state index in [-0.39, 0.29) is 0 Å². The van der Waals surface area contributed by atoms with Crippen molar-refractivity contribution in [3.63, 3.8) is 0 Å². The highest BCUT2D eigenvalue weighted by Crippen LogP contribution is 2.36. The molecule has 0 aliphatic carbocycles. The third kappa shape index (κ3) is 7.77. The highest BCUT2D eigenvalue weighted by Gasteiger charge is 2.08. The third-order valence-electron chi connectivity index (χ3n) is 10.6. The summed E-state index contributed by atoms with van der Waals surface area (Å²) >= 11 is 0. The molecule has 0 heterocycles. The van der Waals surface area contributed by atoms with Crippen LogP contribution in [0.1, 0.15) is 19.4 Å². The fourth-order valence-corrected chi connectivity index (χ4v) is 8.06. The average Bonchev–Trinajstić information content (AvgIpc) is 3.26. The minimum Gasteiger partial charge on any atom is -0.0961 e. The topological polar surface area (TPSA) is 0 Å². The number of hydrogen-bond acceptors (Lipinski definition) is 0. The summed E-state index contributed by atoms with van der Waals surface area (Å²) in [4.78, 5) is 0. The molecule has 0 heteroatoms. The van der Waals surface area contributed by atoms with E-state index in [0.29, 0.717) is 0 Å². The van der Waals surface area contributed by atoms with E-state index in [9.17, 15) is 0 Å². The van der Waals surface area contributed by atoms with Gasteiger partial charge in [0.25, 0.3) is 0 Å².